The Morgan fingerprint density at radius 1 is 0.919 bits per heavy atom. The number of carbonyl (C=O) groups is 2. The average Bonchev–Trinajstić information content (AvgIpc) is 3.52. The first-order valence-electron chi connectivity index (χ1n) is 13.1. The van der Waals surface area contributed by atoms with Gasteiger partial charge in [-0.2, -0.15) is 10.1 Å². The lowest BCUT2D eigenvalue weighted by Crippen LogP contribution is -2.30. The molecule has 3 fully saturated rings. The molecule has 1 saturated heterocycles. The molecule has 4 atom stereocenters. The van der Waals surface area contributed by atoms with Crippen LogP contribution in [0.2, 0.25) is 0 Å². The van der Waals surface area contributed by atoms with Gasteiger partial charge in [0.2, 0.25) is 0 Å². The maximum atomic E-state index is 13.2. The van der Waals surface area contributed by atoms with Gasteiger partial charge >= 0.3 is 0 Å². The molecule has 0 radical (unpaired) electrons. The van der Waals surface area contributed by atoms with Crippen molar-refractivity contribution in [3.8, 4) is 11.5 Å². The van der Waals surface area contributed by atoms with Gasteiger partial charge in [0, 0.05) is 0 Å². The molecule has 2 bridgehead atoms. The van der Waals surface area contributed by atoms with Crippen LogP contribution in [0.25, 0.3) is 10.8 Å². The number of carbonyl (C=O) groups excluding carboxylic acids is 2. The number of fused-ring (bicyclic) bond motifs is 4. The zero-order chi connectivity index (χ0) is 25.1. The summed E-state index contributed by atoms with van der Waals surface area (Å²) < 4.78 is 12.0. The lowest BCUT2D eigenvalue weighted by atomic mass is 9.85. The maximum absolute atomic E-state index is 13.2. The molecular formula is C31H28N2O4. The summed E-state index contributed by atoms with van der Waals surface area (Å²) in [4.78, 5) is 26.3. The van der Waals surface area contributed by atoms with E-state index < -0.39 is 0 Å². The Labute approximate surface area is 215 Å². The maximum Gasteiger partial charge on any atom is 0.254 e. The number of imide groups is 1. The third-order valence-corrected chi connectivity index (χ3v) is 8.68. The normalized spacial score (nSPS) is 26.6. The smallest absolute Gasteiger partial charge is 0.254 e. The standard InChI is InChI=1S/C31H28N2O4/c1-2-36-26-16-19(10-13-25(26)37-18-21-8-5-7-20-6-3-4-9-22(20)21)17-32-33-29(34)27-23-11-12-24(28(27)30(33)35)31(23)14-15-31/h3-13,16-17,23-24,27-28H,2,14-15,18H2,1H3/b32-17-/t23-,24-,27-,28-/m1/s1. The van der Waals surface area contributed by atoms with E-state index in [1.165, 1.54) is 5.39 Å². The van der Waals surface area contributed by atoms with E-state index in [1.54, 1.807) is 6.21 Å². The van der Waals surface area contributed by atoms with Crippen molar-refractivity contribution in [2.24, 2.45) is 34.2 Å². The van der Waals surface area contributed by atoms with E-state index in [4.69, 9.17) is 9.47 Å². The molecule has 2 amide bonds. The summed E-state index contributed by atoms with van der Waals surface area (Å²) in [5, 5.41) is 7.78. The first-order chi connectivity index (χ1) is 18.1. The van der Waals surface area contributed by atoms with Crippen LogP contribution in [-0.4, -0.2) is 29.6 Å². The molecule has 6 nitrogen and oxygen atoms in total. The van der Waals surface area contributed by atoms with E-state index in [1.807, 2.05) is 43.3 Å². The first-order valence-corrected chi connectivity index (χ1v) is 13.1. The largest absolute Gasteiger partial charge is 0.490 e. The van der Waals surface area contributed by atoms with Crippen molar-refractivity contribution in [2.45, 2.75) is 26.4 Å². The Hall–Kier alpha value is -3.93. The van der Waals surface area contributed by atoms with Crippen LogP contribution in [0.1, 0.15) is 30.9 Å². The SMILES string of the molecule is CCOc1cc(/C=N\N2C(=O)[C@H]3[C@H](C2=O)[C@H]2C=C[C@H]3C23CC3)ccc1OCc1cccc2ccccc12. The van der Waals surface area contributed by atoms with Crippen molar-refractivity contribution in [3.63, 3.8) is 0 Å². The molecule has 3 aromatic rings. The topological polar surface area (TPSA) is 68.2 Å². The van der Waals surface area contributed by atoms with Crippen LogP contribution >= 0.6 is 0 Å². The molecule has 0 aromatic heterocycles. The minimum absolute atomic E-state index is 0.158. The molecule has 0 N–H and O–H groups in total. The average molecular weight is 493 g/mol. The number of nitrogens with zero attached hydrogens (tertiary/aromatic N) is 2. The highest BCUT2D eigenvalue weighted by Gasteiger charge is 2.73. The molecule has 3 aliphatic carbocycles. The summed E-state index contributed by atoms with van der Waals surface area (Å²) in [6.07, 6.45) is 8.16. The quantitative estimate of drug-likeness (QED) is 0.253. The highest BCUT2D eigenvalue weighted by molar-refractivity contribution is 6.07. The van der Waals surface area contributed by atoms with Gasteiger partial charge in [0.15, 0.2) is 11.5 Å². The van der Waals surface area contributed by atoms with E-state index in [0.717, 1.165) is 34.4 Å². The summed E-state index contributed by atoms with van der Waals surface area (Å²) in [7, 11) is 0. The Kier molecular flexibility index (Phi) is 5.00. The third kappa shape index (κ3) is 3.35. The lowest BCUT2D eigenvalue weighted by molar-refractivity contribution is -0.141. The Morgan fingerprint density at radius 2 is 1.65 bits per heavy atom. The van der Waals surface area contributed by atoms with Crippen molar-refractivity contribution < 1.29 is 19.1 Å². The van der Waals surface area contributed by atoms with E-state index in [2.05, 4.69) is 41.5 Å². The number of rotatable bonds is 7. The summed E-state index contributed by atoms with van der Waals surface area (Å²) in [6, 6.07) is 20.0. The number of hydrazone groups is 1. The number of benzene rings is 3. The zero-order valence-corrected chi connectivity index (χ0v) is 20.7. The number of allylic oxidation sites excluding steroid dienone is 2. The first kappa shape index (κ1) is 22.3. The Bertz CT molecular complexity index is 1450. The highest BCUT2D eigenvalue weighted by atomic mass is 16.5. The Morgan fingerprint density at radius 3 is 2.38 bits per heavy atom. The van der Waals surface area contributed by atoms with Gasteiger partial charge in [0.25, 0.3) is 11.8 Å². The van der Waals surface area contributed by atoms with Crippen molar-refractivity contribution in [1.29, 1.82) is 0 Å². The van der Waals surface area contributed by atoms with Gasteiger partial charge in [-0.05, 0) is 77.1 Å². The molecule has 3 aromatic carbocycles. The Balaban J connectivity index is 1.09. The molecule has 6 heteroatoms. The van der Waals surface area contributed by atoms with Crippen molar-refractivity contribution in [2.75, 3.05) is 6.61 Å². The van der Waals surface area contributed by atoms with E-state index in [9.17, 15) is 9.59 Å². The molecule has 4 aliphatic rings. The second kappa shape index (κ2) is 8.30. The number of amides is 2. The number of ether oxygens (including phenoxy) is 2. The van der Waals surface area contributed by atoms with Crippen molar-refractivity contribution >= 4 is 28.8 Å². The second-order valence-electron chi connectivity index (χ2n) is 10.5. The van der Waals surface area contributed by atoms with Crippen LogP contribution in [-0.2, 0) is 16.2 Å². The van der Waals surface area contributed by atoms with Crippen LogP contribution in [0.5, 0.6) is 11.5 Å². The molecule has 7 rings (SSSR count). The van der Waals surface area contributed by atoms with E-state index >= 15 is 0 Å². The number of hydrogen-bond acceptors (Lipinski definition) is 5. The third-order valence-electron chi connectivity index (χ3n) is 8.68. The van der Waals surface area contributed by atoms with Crippen LogP contribution in [0, 0.1) is 29.1 Å². The van der Waals surface area contributed by atoms with Gasteiger partial charge in [0.05, 0.1) is 24.7 Å². The molecule has 0 unspecified atom stereocenters. The van der Waals surface area contributed by atoms with E-state index in [0.29, 0.717) is 24.7 Å². The van der Waals surface area contributed by atoms with E-state index in [-0.39, 0.29) is 40.9 Å². The van der Waals surface area contributed by atoms with Crippen LogP contribution in [0.4, 0.5) is 0 Å². The van der Waals surface area contributed by atoms with Gasteiger partial charge in [-0.15, -0.1) is 0 Å². The minimum Gasteiger partial charge on any atom is -0.490 e. The molecular weight excluding hydrogens is 464 g/mol. The molecule has 1 spiro atoms. The summed E-state index contributed by atoms with van der Waals surface area (Å²) >= 11 is 0. The molecule has 37 heavy (non-hydrogen) atoms. The van der Waals surface area contributed by atoms with Gasteiger partial charge in [-0.3, -0.25) is 9.59 Å². The fraction of sp³-hybridized carbons (Fsp3) is 0.323. The van der Waals surface area contributed by atoms with Gasteiger partial charge in [0.1, 0.15) is 6.61 Å². The van der Waals surface area contributed by atoms with Crippen LogP contribution in [0.15, 0.2) is 77.9 Å². The summed E-state index contributed by atoms with van der Waals surface area (Å²) in [5.74, 6) is 0.817. The fourth-order valence-electron chi connectivity index (χ4n) is 6.87. The number of hydrogen-bond donors (Lipinski definition) is 0. The second-order valence-corrected chi connectivity index (χ2v) is 10.5. The molecule has 186 valence electrons. The van der Waals surface area contributed by atoms with Crippen molar-refractivity contribution in [1.82, 2.24) is 5.01 Å². The van der Waals surface area contributed by atoms with Crippen LogP contribution in [0.3, 0.4) is 0 Å². The zero-order valence-electron chi connectivity index (χ0n) is 20.7. The van der Waals surface area contributed by atoms with Gasteiger partial charge in [-0.25, -0.2) is 0 Å². The monoisotopic (exact) mass is 492 g/mol. The minimum atomic E-state index is -0.244. The molecule has 1 aliphatic heterocycles. The summed E-state index contributed by atoms with van der Waals surface area (Å²) in [5.41, 5.74) is 2.02. The fourth-order valence-corrected chi connectivity index (χ4v) is 6.87. The highest BCUT2D eigenvalue weighted by Crippen LogP contribution is 2.73. The van der Waals surface area contributed by atoms with Crippen molar-refractivity contribution in [3.05, 3.63) is 83.9 Å². The van der Waals surface area contributed by atoms with Gasteiger partial charge in [-0.1, -0.05) is 54.6 Å². The summed E-state index contributed by atoms with van der Waals surface area (Å²) in [6.45, 7) is 2.81. The van der Waals surface area contributed by atoms with Gasteiger partial charge < -0.3 is 9.47 Å². The van der Waals surface area contributed by atoms with Crippen LogP contribution < -0.4 is 9.47 Å². The molecule has 1 heterocycles. The molecule has 2 saturated carbocycles. The lowest BCUT2D eigenvalue weighted by Gasteiger charge is -2.18. The predicted molar refractivity (Wildman–Crippen MR) is 140 cm³/mol. The predicted octanol–water partition coefficient (Wildman–Crippen LogP) is 5.35.